The van der Waals surface area contributed by atoms with E-state index in [0.717, 1.165) is 21.5 Å². The highest BCUT2D eigenvalue weighted by Gasteiger charge is 2.21. The smallest absolute Gasteiger partial charge is 0.303 e. The fraction of sp³-hybridized carbons (Fsp3) is 0.429. The van der Waals surface area contributed by atoms with E-state index in [9.17, 15) is 9.59 Å². The third-order valence-electron chi connectivity index (χ3n) is 5.34. The van der Waals surface area contributed by atoms with Crippen LogP contribution in [0.5, 0.6) is 11.5 Å². The van der Waals surface area contributed by atoms with Gasteiger partial charge < -0.3 is 28.4 Å². The Kier molecular flexibility index (Phi) is 10.3. The molecule has 0 aromatic heterocycles. The molecule has 0 amide bonds. The molecule has 0 fully saturated rings. The summed E-state index contributed by atoms with van der Waals surface area (Å²) in [6, 6.07) is 15.5. The average molecular weight is 499 g/mol. The molecule has 0 saturated carbocycles. The molecule has 2 unspecified atom stereocenters. The minimum Gasteiger partial charge on any atom is -0.488 e. The van der Waals surface area contributed by atoms with E-state index in [1.165, 1.54) is 13.8 Å². The maximum Gasteiger partial charge on any atom is 0.303 e. The molecule has 194 valence electrons. The number of rotatable bonds is 14. The molecule has 0 radical (unpaired) electrons. The van der Waals surface area contributed by atoms with Gasteiger partial charge in [0.15, 0.2) is 12.2 Å². The summed E-state index contributed by atoms with van der Waals surface area (Å²) in [4.78, 5) is 23.1. The van der Waals surface area contributed by atoms with Crippen LogP contribution in [0.3, 0.4) is 0 Å². The van der Waals surface area contributed by atoms with Gasteiger partial charge in [0.2, 0.25) is 0 Å². The van der Waals surface area contributed by atoms with E-state index in [1.807, 2.05) is 62.4 Å². The highest BCUT2D eigenvalue weighted by atomic mass is 16.6. The summed E-state index contributed by atoms with van der Waals surface area (Å²) in [5.41, 5.74) is 0. The number of carbonyl (C=O) groups is 2. The minimum absolute atomic E-state index is 0.136. The first-order chi connectivity index (χ1) is 17.4. The van der Waals surface area contributed by atoms with Crippen LogP contribution in [0.2, 0.25) is 0 Å². The van der Waals surface area contributed by atoms with Crippen molar-refractivity contribution < 1.29 is 38.0 Å². The molecule has 0 heterocycles. The Bertz CT molecular complexity index is 1010. The third-order valence-corrected chi connectivity index (χ3v) is 5.34. The predicted molar refractivity (Wildman–Crippen MR) is 137 cm³/mol. The van der Waals surface area contributed by atoms with Gasteiger partial charge in [0.05, 0.1) is 13.2 Å². The van der Waals surface area contributed by atoms with Crippen LogP contribution >= 0.6 is 0 Å². The minimum atomic E-state index is -0.543. The molecule has 0 aliphatic carbocycles. The zero-order chi connectivity index (χ0) is 25.9. The Morgan fingerprint density at radius 2 is 0.944 bits per heavy atom. The Morgan fingerprint density at radius 3 is 1.22 bits per heavy atom. The highest BCUT2D eigenvalue weighted by Crippen LogP contribution is 2.42. The van der Waals surface area contributed by atoms with Gasteiger partial charge in [-0.15, -0.1) is 0 Å². The van der Waals surface area contributed by atoms with Crippen LogP contribution in [0, 0.1) is 0 Å². The second-order valence-corrected chi connectivity index (χ2v) is 8.15. The van der Waals surface area contributed by atoms with Crippen molar-refractivity contribution in [3.63, 3.8) is 0 Å². The predicted octanol–water partition coefficient (Wildman–Crippen LogP) is 4.69. The van der Waals surface area contributed by atoms with Gasteiger partial charge in [-0.25, -0.2) is 0 Å². The van der Waals surface area contributed by atoms with Gasteiger partial charge in [-0.05, 0) is 13.8 Å². The normalized spacial score (nSPS) is 12.8. The lowest BCUT2D eigenvalue weighted by Crippen LogP contribution is -2.29. The Balaban J connectivity index is 1.97. The van der Waals surface area contributed by atoms with E-state index in [-0.39, 0.29) is 26.4 Å². The monoisotopic (exact) mass is 498 g/mol. The molecule has 3 aromatic carbocycles. The second-order valence-electron chi connectivity index (χ2n) is 8.15. The zero-order valence-corrected chi connectivity index (χ0v) is 21.3. The first kappa shape index (κ1) is 27.2. The Labute approximate surface area is 211 Å². The maximum atomic E-state index is 11.6. The number of hydrogen-bond donors (Lipinski definition) is 0. The van der Waals surface area contributed by atoms with Crippen LogP contribution in [-0.2, 0) is 28.5 Å². The van der Waals surface area contributed by atoms with Crippen molar-refractivity contribution in [2.75, 3.05) is 39.6 Å². The lowest BCUT2D eigenvalue weighted by atomic mass is 10.0. The first-order valence-electron chi connectivity index (χ1n) is 12.1. The molecule has 36 heavy (non-hydrogen) atoms. The summed E-state index contributed by atoms with van der Waals surface area (Å²) in [5, 5.41) is 3.38. The van der Waals surface area contributed by atoms with Crippen LogP contribution in [0.4, 0.5) is 0 Å². The summed E-state index contributed by atoms with van der Waals surface area (Å²) < 4.78 is 34.3. The van der Waals surface area contributed by atoms with Crippen molar-refractivity contribution in [3.8, 4) is 11.5 Å². The first-order valence-corrected chi connectivity index (χ1v) is 12.1. The molecule has 8 heteroatoms. The number of hydrogen-bond acceptors (Lipinski definition) is 8. The fourth-order valence-electron chi connectivity index (χ4n) is 3.91. The number of esters is 2. The van der Waals surface area contributed by atoms with Gasteiger partial charge in [0, 0.05) is 48.6 Å². The van der Waals surface area contributed by atoms with Gasteiger partial charge in [0.25, 0.3) is 0 Å². The molecule has 0 spiro atoms. The molecule has 2 atom stereocenters. The van der Waals surface area contributed by atoms with Crippen LogP contribution in [0.15, 0.2) is 48.5 Å². The summed E-state index contributed by atoms with van der Waals surface area (Å²) in [7, 11) is 0. The maximum absolute atomic E-state index is 11.6. The van der Waals surface area contributed by atoms with Crippen molar-refractivity contribution >= 4 is 33.5 Å². The van der Waals surface area contributed by atoms with Gasteiger partial charge >= 0.3 is 11.9 Å². The molecule has 0 N–H and O–H groups in total. The van der Waals surface area contributed by atoms with Gasteiger partial charge in [-0.1, -0.05) is 48.5 Å². The quantitative estimate of drug-likeness (QED) is 0.234. The molecule has 0 aliphatic heterocycles. The Morgan fingerprint density at radius 1 is 0.611 bits per heavy atom. The van der Waals surface area contributed by atoms with E-state index in [1.54, 1.807) is 0 Å². The molecule has 0 saturated heterocycles. The number of ether oxygens (including phenoxy) is 6. The lowest BCUT2D eigenvalue weighted by Gasteiger charge is -2.22. The number of fused-ring (bicyclic) bond motifs is 2. The van der Waals surface area contributed by atoms with Gasteiger partial charge in [0.1, 0.15) is 24.7 Å². The van der Waals surface area contributed by atoms with Crippen LogP contribution in [0.1, 0.15) is 27.7 Å². The van der Waals surface area contributed by atoms with Crippen molar-refractivity contribution in [3.05, 3.63) is 48.5 Å². The van der Waals surface area contributed by atoms with Gasteiger partial charge in [-0.2, -0.15) is 0 Å². The van der Waals surface area contributed by atoms with E-state index in [4.69, 9.17) is 28.4 Å². The topological polar surface area (TPSA) is 89.5 Å². The zero-order valence-electron chi connectivity index (χ0n) is 21.3. The average Bonchev–Trinajstić information content (AvgIpc) is 2.86. The molecular weight excluding hydrogens is 464 g/mol. The van der Waals surface area contributed by atoms with Crippen molar-refractivity contribution in [1.82, 2.24) is 0 Å². The van der Waals surface area contributed by atoms with Crippen LogP contribution in [0.25, 0.3) is 21.5 Å². The van der Waals surface area contributed by atoms with Crippen LogP contribution < -0.4 is 9.47 Å². The van der Waals surface area contributed by atoms with Crippen molar-refractivity contribution in [2.24, 2.45) is 0 Å². The lowest BCUT2D eigenvalue weighted by molar-refractivity contribution is -0.152. The molecule has 3 rings (SSSR count). The second kappa shape index (κ2) is 13.7. The van der Waals surface area contributed by atoms with E-state index >= 15 is 0 Å². The van der Waals surface area contributed by atoms with E-state index in [0.29, 0.717) is 24.7 Å². The molecule has 0 bridgehead atoms. The summed E-state index contributed by atoms with van der Waals surface area (Å²) in [5.74, 6) is 0.536. The number of carbonyl (C=O) groups excluding carboxylic acids is 2. The fourth-order valence-corrected chi connectivity index (χ4v) is 3.91. The van der Waals surface area contributed by atoms with E-state index < -0.39 is 24.1 Å². The van der Waals surface area contributed by atoms with Crippen molar-refractivity contribution in [1.29, 1.82) is 0 Å². The summed E-state index contributed by atoms with van der Waals surface area (Å²) in [6.45, 7) is 8.26. The van der Waals surface area contributed by atoms with E-state index in [2.05, 4.69) is 0 Å². The highest BCUT2D eigenvalue weighted by molar-refractivity contribution is 6.11. The summed E-state index contributed by atoms with van der Waals surface area (Å²) >= 11 is 0. The van der Waals surface area contributed by atoms with Crippen LogP contribution in [-0.4, -0.2) is 63.8 Å². The molecular formula is C28H34O8. The summed E-state index contributed by atoms with van der Waals surface area (Å²) in [6.07, 6.45) is -1.09. The van der Waals surface area contributed by atoms with Crippen molar-refractivity contribution in [2.45, 2.75) is 39.9 Å². The molecule has 3 aromatic rings. The number of benzene rings is 3. The van der Waals surface area contributed by atoms with Gasteiger partial charge in [-0.3, -0.25) is 9.59 Å². The Hall–Kier alpha value is -3.36. The molecule has 8 nitrogen and oxygen atoms in total. The SMILES string of the molecule is CCOCC(COc1c2ccccc2c(OCC(COCC)OC(C)=O)c2ccccc12)OC(C)=O. The molecule has 0 aliphatic rings. The third kappa shape index (κ3) is 7.32. The standard InChI is InChI=1S/C28H34O8/c1-5-31-15-21(35-19(3)29)17-33-27-23-11-7-9-13-25(23)28(26-14-10-8-12-24(26)27)34-18-22(16-32-6-2)36-20(4)30/h7-14,21-22H,5-6,15-18H2,1-4H3. The largest absolute Gasteiger partial charge is 0.488 e.